The van der Waals surface area contributed by atoms with Crippen molar-refractivity contribution in [2.75, 3.05) is 7.05 Å². The third-order valence-electron chi connectivity index (χ3n) is 1.97. The second-order valence-electron chi connectivity index (χ2n) is 3.68. The van der Waals surface area contributed by atoms with Crippen molar-refractivity contribution in [2.45, 2.75) is 33.2 Å². The molecule has 0 radical (unpaired) electrons. The molecule has 0 rings (SSSR count). The third-order valence-corrected chi connectivity index (χ3v) is 2.31. The fraction of sp³-hybridized carbons (Fsp3) is 0.778. The summed E-state index contributed by atoms with van der Waals surface area (Å²) < 4.78 is 0. The monoisotopic (exact) mass is 202 g/mol. The van der Waals surface area contributed by atoms with Gasteiger partial charge < -0.3 is 10.6 Å². The van der Waals surface area contributed by atoms with Crippen molar-refractivity contribution < 1.29 is 4.79 Å². The molecule has 0 bridgehead atoms. The summed E-state index contributed by atoms with van der Waals surface area (Å²) in [5, 5.41) is 0. The lowest BCUT2D eigenvalue weighted by atomic mass is 10.1. The molecule has 76 valence electrons. The van der Waals surface area contributed by atoms with Gasteiger partial charge in [-0.05, 0) is 12.8 Å². The number of amides is 1. The van der Waals surface area contributed by atoms with Crippen LogP contribution in [-0.2, 0) is 4.79 Å². The molecule has 0 aliphatic heterocycles. The molecule has 13 heavy (non-hydrogen) atoms. The largest absolute Gasteiger partial charge is 0.392 e. The lowest BCUT2D eigenvalue weighted by Gasteiger charge is -2.24. The van der Waals surface area contributed by atoms with E-state index in [1.807, 2.05) is 20.8 Å². The molecule has 0 saturated heterocycles. The maximum Gasteiger partial charge on any atom is 0.223 e. The van der Waals surface area contributed by atoms with Crippen LogP contribution < -0.4 is 5.73 Å². The highest BCUT2D eigenvalue weighted by Crippen LogP contribution is 2.05. The van der Waals surface area contributed by atoms with Crippen LogP contribution in [0.4, 0.5) is 0 Å². The van der Waals surface area contributed by atoms with E-state index in [-0.39, 0.29) is 11.9 Å². The van der Waals surface area contributed by atoms with Gasteiger partial charge in [0.15, 0.2) is 0 Å². The number of nitrogens with two attached hydrogens (primary N) is 1. The van der Waals surface area contributed by atoms with E-state index < -0.39 is 0 Å². The van der Waals surface area contributed by atoms with Crippen LogP contribution in [0.2, 0.25) is 0 Å². The number of thiocarbonyl (C=S) groups is 1. The van der Waals surface area contributed by atoms with Crippen LogP contribution in [-0.4, -0.2) is 28.9 Å². The molecular formula is C9H18N2OS. The summed E-state index contributed by atoms with van der Waals surface area (Å²) in [5.74, 6) is 0.462. The summed E-state index contributed by atoms with van der Waals surface area (Å²) in [7, 11) is 1.73. The summed E-state index contributed by atoms with van der Waals surface area (Å²) in [6, 6.07) is -0.152. The summed E-state index contributed by atoms with van der Waals surface area (Å²) >= 11 is 4.81. The number of likely N-dealkylation sites (N-methyl/N-ethyl adjacent to an activating group) is 1. The fourth-order valence-electron chi connectivity index (χ4n) is 0.900. The number of hydrogen-bond donors (Lipinski definition) is 1. The van der Waals surface area contributed by atoms with Gasteiger partial charge in [0.1, 0.15) is 0 Å². The Bertz CT molecular complexity index is 204. The summed E-state index contributed by atoms with van der Waals surface area (Å²) in [6.45, 7) is 5.86. The smallest absolute Gasteiger partial charge is 0.223 e. The quantitative estimate of drug-likeness (QED) is 0.696. The SMILES string of the molecule is CC(C)CC(=O)N(C)C(C)C(N)=S. The van der Waals surface area contributed by atoms with Crippen molar-refractivity contribution in [1.29, 1.82) is 0 Å². The van der Waals surface area contributed by atoms with Gasteiger partial charge in [0.25, 0.3) is 0 Å². The van der Waals surface area contributed by atoms with Crippen LogP contribution in [0, 0.1) is 5.92 Å². The molecule has 1 atom stereocenters. The Morgan fingerprint density at radius 1 is 1.46 bits per heavy atom. The van der Waals surface area contributed by atoms with Crippen LogP contribution in [0.1, 0.15) is 27.2 Å². The molecule has 0 saturated carbocycles. The number of hydrogen-bond acceptors (Lipinski definition) is 2. The highest BCUT2D eigenvalue weighted by molar-refractivity contribution is 7.80. The van der Waals surface area contributed by atoms with E-state index in [1.54, 1.807) is 11.9 Å². The summed E-state index contributed by atoms with van der Waals surface area (Å²) in [5.41, 5.74) is 5.44. The second kappa shape index (κ2) is 5.17. The number of carbonyl (C=O) groups excluding carboxylic acids is 1. The normalized spacial score (nSPS) is 12.7. The first kappa shape index (κ1) is 12.4. The molecule has 0 fully saturated rings. The Kier molecular flexibility index (Phi) is 4.91. The fourth-order valence-corrected chi connectivity index (χ4v) is 1.06. The van der Waals surface area contributed by atoms with Gasteiger partial charge >= 0.3 is 0 Å². The summed E-state index contributed by atoms with van der Waals surface area (Å²) in [4.78, 5) is 13.5. The molecule has 0 aromatic carbocycles. The summed E-state index contributed by atoms with van der Waals surface area (Å²) in [6.07, 6.45) is 0.545. The highest BCUT2D eigenvalue weighted by atomic mass is 32.1. The van der Waals surface area contributed by atoms with Gasteiger partial charge in [0.2, 0.25) is 5.91 Å². The number of carbonyl (C=O) groups is 1. The average Bonchev–Trinajstić information content (AvgIpc) is 2.00. The Hall–Kier alpha value is -0.640. The van der Waals surface area contributed by atoms with Crippen molar-refractivity contribution in [2.24, 2.45) is 11.7 Å². The van der Waals surface area contributed by atoms with E-state index >= 15 is 0 Å². The Morgan fingerprint density at radius 2 is 1.92 bits per heavy atom. The molecule has 0 aromatic rings. The maximum atomic E-state index is 11.5. The first-order valence-corrected chi connectivity index (χ1v) is 4.82. The molecule has 0 aliphatic rings. The van der Waals surface area contributed by atoms with Gasteiger partial charge in [-0.1, -0.05) is 26.1 Å². The number of rotatable bonds is 4. The van der Waals surface area contributed by atoms with Crippen molar-refractivity contribution in [3.63, 3.8) is 0 Å². The molecule has 1 amide bonds. The van der Waals surface area contributed by atoms with Crippen molar-refractivity contribution in [3.8, 4) is 0 Å². The lowest BCUT2D eigenvalue weighted by Crippen LogP contribution is -2.43. The molecule has 2 N–H and O–H groups in total. The van der Waals surface area contributed by atoms with Crippen LogP contribution in [0.15, 0.2) is 0 Å². The van der Waals surface area contributed by atoms with E-state index in [0.717, 1.165) is 0 Å². The molecule has 0 aliphatic carbocycles. The predicted octanol–water partition coefficient (Wildman–Crippen LogP) is 1.17. The van der Waals surface area contributed by atoms with Gasteiger partial charge in [-0.2, -0.15) is 0 Å². The van der Waals surface area contributed by atoms with Crippen LogP contribution in [0.25, 0.3) is 0 Å². The zero-order chi connectivity index (χ0) is 10.6. The lowest BCUT2D eigenvalue weighted by molar-refractivity contribution is -0.131. The second-order valence-corrected chi connectivity index (χ2v) is 4.15. The van der Waals surface area contributed by atoms with E-state index in [4.69, 9.17) is 18.0 Å². The van der Waals surface area contributed by atoms with Gasteiger partial charge in [-0.15, -0.1) is 0 Å². The third kappa shape index (κ3) is 4.22. The van der Waals surface area contributed by atoms with Crippen LogP contribution >= 0.6 is 12.2 Å². The molecular weight excluding hydrogens is 184 g/mol. The van der Waals surface area contributed by atoms with Gasteiger partial charge in [0.05, 0.1) is 11.0 Å². The standard InChI is InChI=1S/C9H18N2OS/c1-6(2)5-8(12)11(4)7(3)9(10)13/h6-7H,5H2,1-4H3,(H2,10,13). The average molecular weight is 202 g/mol. The predicted molar refractivity (Wildman–Crippen MR) is 58.5 cm³/mol. The Balaban J connectivity index is 4.17. The van der Waals surface area contributed by atoms with Gasteiger partial charge in [-0.3, -0.25) is 4.79 Å². The molecule has 1 unspecified atom stereocenters. The number of nitrogens with zero attached hydrogens (tertiary/aromatic N) is 1. The van der Waals surface area contributed by atoms with Gasteiger partial charge in [-0.25, -0.2) is 0 Å². The van der Waals surface area contributed by atoms with E-state index in [2.05, 4.69) is 0 Å². The van der Waals surface area contributed by atoms with E-state index in [1.165, 1.54) is 0 Å². The highest BCUT2D eigenvalue weighted by Gasteiger charge is 2.17. The minimum absolute atomic E-state index is 0.0929. The molecule has 0 aromatic heterocycles. The van der Waals surface area contributed by atoms with Crippen molar-refractivity contribution in [3.05, 3.63) is 0 Å². The molecule has 0 spiro atoms. The van der Waals surface area contributed by atoms with E-state index in [9.17, 15) is 4.79 Å². The Labute approximate surface area is 85.3 Å². The first-order valence-electron chi connectivity index (χ1n) is 4.41. The molecule has 4 heteroatoms. The Morgan fingerprint density at radius 3 is 2.23 bits per heavy atom. The van der Waals surface area contributed by atoms with Gasteiger partial charge in [0, 0.05) is 13.5 Å². The minimum Gasteiger partial charge on any atom is -0.392 e. The maximum absolute atomic E-state index is 11.5. The van der Waals surface area contributed by atoms with Crippen molar-refractivity contribution >= 4 is 23.1 Å². The first-order chi connectivity index (χ1) is 5.86. The topological polar surface area (TPSA) is 46.3 Å². The van der Waals surface area contributed by atoms with Crippen LogP contribution in [0.5, 0.6) is 0 Å². The zero-order valence-electron chi connectivity index (χ0n) is 8.70. The minimum atomic E-state index is -0.152. The molecule has 0 heterocycles. The van der Waals surface area contributed by atoms with Crippen LogP contribution in [0.3, 0.4) is 0 Å². The van der Waals surface area contributed by atoms with E-state index in [0.29, 0.717) is 17.3 Å². The zero-order valence-corrected chi connectivity index (χ0v) is 9.52. The van der Waals surface area contributed by atoms with Crippen molar-refractivity contribution in [1.82, 2.24) is 4.90 Å². The molecule has 3 nitrogen and oxygen atoms in total.